The quantitative estimate of drug-likeness (QED) is 0.0321. The molecule has 0 bridgehead atoms. The molecule has 0 aliphatic rings. The predicted octanol–water partition coefficient (Wildman–Crippen LogP) is 18.5. The first-order valence-electron chi connectivity index (χ1n) is 29.9. The molecular weight excluding hydrogens is 815 g/mol. The molecule has 0 radical (unpaired) electrons. The Morgan fingerprint density at radius 2 is 0.712 bits per heavy atom. The fourth-order valence-electron chi connectivity index (χ4n) is 9.46. The minimum Gasteiger partial charge on any atom is -0.466 e. The largest absolute Gasteiger partial charge is 0.466 e. The Morgan fingerprint density at radius 3 is 1.08 bits per heavy atom. The number of rotatable bonds is 56. The fourth-order valence-corrected chi connectivity index (χ4v) is 9.46. The van der Waals surface area contributed by atoms with Gasteiger partial charge in [-0.1, -0.05) is 283 Å². The van der Waals surface area contributed by atoms with Crippen molar-refractivity contribution in [3.63, 3.8) is 0 Å². The summed E-state index contributed by atoms with van der Waals surface area (Å²) >= 11 is 0. The number of carbonyl (C=O) groups is 2. The Bertz CT molecular complexity index is 986. The SMILES string of the molecule is CCCCCCCCCCCCCC(=O)OCCCCCCCCCCCCCC/C=C\CCCCCCCCCCCCCCCC(=O)NC(CO)C(O)CCCCCCCCCCC. The lowest BCUT2D eigenvalue weighted by atomic mass is 10.0. The Balaban J connectivity index is 3.33. The molecular formula is C60H117NO5. The van der Waals surface area contributed by atoms with Crippen LogP contribution in [0.5, 0.6) is 0 Å². The van der Waals surface area contributed by atoms with Crippen molar-refractivity contribution in [1.82, 2.24) is 5.32 Å². The lowest BCUT2D eigenvalue weighted by Crippen LogP contribution is -2.45. The summed E-state index contributed by atoms with van der Waals surface area (Å²) in [7, 11) is 0. The molecule has 0 aromatic rings. The summed E-state index contributed by atoms with van der Waals surface area (Å²) in [5.41, 5.74) is 0. The molecule has 2 atom stereocenters. The predicted molar refractivity (Wildman–Crippen MR) is 287 cm³/mol. The Labute approximate surface area is 412 Å². The maximum atomic E-state index is 12.4. The Hall–Kier alpha value is -1.40. The van der Waals surface area contributed by atoms with Gasteiger partial charge in [0.2, 0.25) is 5.91 Å². The molecule has 6 nitrogen and oxygen atoms in total. The van der Waals surface area contributed by atoms with E-state index in [1.54, 1.807) is 0 Å². The molecule has 0 saturated heterocycles. The summed E-state index contributed by atoms with van der Waals surface area (Å²) in [6.45, 7) is 4.94. The Morgan fingerprint density at radius 1 is 0.409 bits per heavy atom. The molecule has 0 saturated carbocycles. The summed E-state index contributed by atoms with van der Waals surface area (Å²) < 4.78 is 5.47. The van der Waals surface area contributed by atoms with Gasteiger partial charge in [-0.3, -0.25) is 9.59 Å². The highest BCUT2D eigenvalue weighted by Crippen LogP contribution is 2.17. The van der Waals surface area contributed by atoms with Crippen LogP contribution in [0.4, 0.5) is 0 Å². The summed E-state index contributed by atoms with van der Waals surface area (Å²) in [6.07, 6.45) is 66.6. The number of hydrogen-bond acceptors (Lipinski definition) is 5. The molecule has 0 rings (SSSR count). The third-order valence-electron chi connectivity index (χ3n) is 14.1. The molecule has 0 heterocycles. The van der Waals surface area contributed by atoms with Crippen molar-refractivity contribution in [3.05, 3.63) is 12.2 Å². The molecule has 1 amide bonds. The third kappa shape index (κ3) is 52.0. The summed E-state index contributed by atoms with van der Waals surface area (Å²) in [4.78, 5) is 24.4. The van der Waals surface area contributed by atoms with E-state index in [0.717, 1.165) is 38.5 Å². The average Bonchev–Trinajstić information content (AvgIpc) is 3.32. The van der Waals surface area contributed by atoms with Crippen LogP contribution in [0.3, 0.4) is 0 Å². The van der Waals surface area contributed by atoms with Gasteiger partial charge in [0, 0.05) is 12.8 Å². The normalized spacial score (nSPS) is 12.6. The Kier molecular flexibility index (Phi) is 55.0. The van der Waals surface area contributed by atoms with E-state index >= 15 is 0 Å². The molecule has 0 fully saturated rings. The van der Waals surface area contributed by atoms with Crippen LogP contribution in [-0.4, -0.2) is 47.4 Å². The maximum Gasteiger partial charge on any atom is 0.305 e. The first-order chi connectivity index (χ1) is 32.5. The zero-order valence-electron chi connectivity index (χ0n) is 44.7. The third-order valence-corrected chi connectivity index (χ3v) is 14.1. The van der Waals surface area contributed by atoms with Crippen LogP contribution < -0.4 is 5.32 Å². The van der Waals surface area contributed by atoms with E-state index in [4.69, 9.17) is 4.74 Å². The van der Waals surface area contributed by atoms with Crippen molar-refractivity contribution < 1.29 is 24.5 Å². The number of esters is 1. The zero-order chi connectivity index (χ0) is 47.9. The van der Waals surface area contributed by atoms with Crippen molar-refractivity contribution in [2.75, 3.05) is 13.2 Å². The number of amides is 1. The lowest BCUT2D eigenvalue weighted by molar-refractivity contribution is -0.143. The van der Waals surface area contributed by atoms with Crippen LogP contribution in [0.25, 0.3) is 0 Å². The van der Waals surface area contributed by atoms with Gasteiger partial charge in [0.05, 0.1) is 25.4 Å². The van der Waals surface area contributed by atoms with Gasteiger partial charge in [-0.05, 0) is 51.4 Å². The monoisotopic (exact) mass is 932 g/mol. The van der Waals surface area contributed by atoms with Crippen LogP contribution >= 0.6 is 0 Å². The van der Waals surface area contributed by atoms with Gasteiger partial charge in [-0.15, -0.1) is 0 Å². The molecule has 6 heteroatoms. The van der Waals surface area contributed by atoms with Crippen molar-refractivity contribution in [2.24, 2.45) is 0 Å². The van der Waals surface area contributed by atoms with Crippen LogP contribution in [0.2, 0.25) is 0 Å². The van der Waals surface area contributed by atoms with Crippen LogP contribution in [0, 0.1) is 0 Å². The molecule has 0 spiro atoms. The average molecular weight is 933 g/mol. The molecule has 0 aliphatic carbocycles. The van der Waals surface area contributed by atoms with E-state index in [1.807, 2.05) is 0 Å². The minimum absolute atomic E-state index is 0.0164. The van der Waals surface area contributed by atoms with E-state index in [1.165, 1.54) is 263 Å². The number of unbranched alkanes of at least 4 members (excludes halogenated alkanes) is 43. The molecule has 0 aromatic heterocycles. The second kappa shape index (κ2) is 56.2. The lowest BCUT2D eigenvalue weighted by Gasteiger charge is -2.22. The van der Waals surface area contributed by atoms with Gasteiger partial charge in [-0.25, -0.2) is 0 Å². The van der Waals surface area contributed by atoms with Crippen LogP contribution in [0.1, 0.15) is 335 Å². The number of nitrogens with one attached hydrogen (secondary N) is 1. The van der Waals surface area contributed by atoms with Crippen LogP contribution in [0.15, 0.2) is 12.2 Å². The van der Waals surface area contributed by atoms with Gasteiger partial charge < -0.3 is 20.3 Å². The van der Waals surface area contributed by atoms with E-state index in [2.05, 4.69) is 31.3 Å². The van der Waals surface area contributed by atoms with Crippen molar-refractivity contribution in [2.45, 2.75) is 347 Å². The van der Waals surface area contributed by atoms with Gasteiger partial charge in [-0.2, -0.15) is 0 Å². The van der Waals surface area contributed by atoms with Gasteiger partial charge in [0.25, 0.3) is 0 Å². The first kappa shape index (κ1) is 64.6. The highest BCUT2D eigenvalue weighted by Gasteiger charge is 2.20. The number of carbonyl (C=O) groups excluding carboxylic acids is 2. The zero-order valence-corrected chi connectivity index (χ0v) is 44.7. The maximum absolute atomic E-state index is 12.4. The van der Waals surface area contributed by atoms with Gasteiger partial charge in [0.15, 0.2) is 0 Å². The molecule has 3 N–H and O–H groups in total. The smallest absolute Gasteiger partial charge is 0.305 e. The number of ether oxygens (including phenoxy) is 1. The van der Waals surface area contributed by atoms with Crippen molar-refractivity contribution in [1.29, 1.82) is 0 Å². The van der Waals surface area contributed by atoms with Crippen molar-refractivity contribution in [3.8, 4) is 0 Å². The molecule has 0 aliphatic heterocycles. The summed E-state index contributed by atoms with van der Waals surface area (Å²) in [5.74, 6) is -0.0189. The standard InChI is InChI=1S/C60H117NO5/c1-3-5-7-9-11-13-33-38-42-46-50-54-60(65)66-55-51-47-43-39-35-32-30-28-26-24-22-20-18-16-14-15-17-19-21-23-25-27-29-31-34-37-41-45-49-53-59(64)61-57(56-62)58(63)52-48-44-40-36-12-10-8-6-4-2/h14,16,57-58,62-63H,3-13,15,17-56H2,1-2H3,(H,61,64)/b16-14-. The number of aliphatic hydroxyl groups excluding tert-OH is 2. The number of hydrogen-bond donors (Lipinski definition) is 3. The second-order valence-corrected chi connectivity index (χ2v) is 20.7. The van der Waals surface area contributed by atoms with Crippen LogP contribution in [-0.2, 0) is 14.3 Å². The number of allylic oxidation sites excluding steroid dienone is 2. The van der Waals surface area contributed by atoms with Gasteiger partial charge >= 0.3 is 5.97 Å². The number of aliphatic hydroxyl groups is 2. The molecule has 2 unspecified atom stereocenters. The fraction of sp³-hybridized carbons (Fsp3) is 0.933. The second-order valence-electron chi connectivity index (χ2n) is 20.7. The highest BCUT2D eigenvalue weighted by molar-refractivity contribution is 5.76. The first-order valence-corrected chi connectivity index (χ1v) is 29.9. The van der Waals surface area contributed by atoms with E-state index in [0.29, 0.717) is 25.9 Å². The van der Waals surface area contributed by atoms with E-state index in [9.17, 15) is 19.8 Å². The van der Waals surface area contributed by atoms with Crippen molar-refractivity contribution >= 4 is 11.9 Å². The summed E-state index contributed by atoms with van der Waals surface area (Å²) in [5, 5.41) is 23.1. The highest BCUT2D eigenvalue weighted by atomic mass is 16.5. The van der Waals surface area contributed by atoms with E-state index in [-0.39, 0.29) is 18.5 Å². The molecule has 0 aromatic carbocycles. The topological polar surface area (TPSA) is 95.9 Å². The van der Waals surface area contributed by atoms with E-state index < -0.39 is 12.1 Å². The van der Waals surface area contributed by atoms with Gasteiger partial charge in [0.1, 0.15) is 0 Å². The summed E-state index contributed by atoms with van der Waals surface area (Å²) in [6, 6.07) is -0.537. The molecule has 66 heavy (non-hydrogen) atoms. The molecule has 392 valence electrons. The minimum atomic E-state index is -0.660.